The lowest BCUT2D eigenvalue weighted by atomic mass is 10.1. The van der Waals surface area contributed by atoms with E-state index in [0.717, 1.165) is 11.1 Å². The molecular weight excluding hydrogens is 266 g/mol. The van der Waals surface area contributed by atoms with Gasteiger partial charge in [0, 0.05) is 5.56 Å². The summed E-state index contributed by atoms with van der Waals surface area (Å²) in [7, 11) is 0. The van der Waals surface area contributed by atoms with Crippen molar-refractivity contribution in [3.8, 4) is 5.75 Å². The number of nitrogens with two attached hydrogens (primary N) is 1. The maximum absolute atomic E-state index is 10.6. The van der Waals surface area contributed by atoms with Crippen molar-refractivity contribution in [2.45, 2.75) is 13.5 Å². The maximum Gasteiger partial charge on any atom is 0.332 e. The van der Waals surface area contributed by atoms with Crippen molar-refractivity contribution in [1.82, 2.24) is 5.43 Å². The zero-order valence-corrected chi connectivity index (χ0v) is 11.7. The SMILES string of the molecule is Cc1ccc(COc2ccccc2/C=N\NC(N)=O)cc1. The summed E-state index contributed by atoms with van der Waals surface area (Å²) in [6, 6.07) is 14.9. The zero-order chi connectivity index (χ0) is 15.1. The van der Waals surface area contributed by atoms with Crippen LogP contribution < -0.4 is 15.9 Å². The smallest absolute Gasteiger partial charge is 0.332 e. The van der Waals surface area contributed by atoms with E-state index in [1.54, 1.807) is 0 Å². The standard InChI is InChI=1S/C16H17N3O2/c1-12-6-8-13(9-7-12)11-21-15-5-3-2-4-14(15)10-18-19-16(17)20/h2-10H,11H2,1H3,(H3,17,19,20)/b18-10-. The van der Waals surface area contributed by atoms with Crippen molar-refractivity contribution < 1.29 is 9.53 Å². The topological polar surface area (TPSA) is 76.7 Å². The van der Waals surface area contributed by atoms with Crippen molar-refractivity contribution in [2.24, 2.45) is 10.8 Å². The second-order valence-corrected chi connectivity index (χ2v) is 4.55. The highest BCUT2D eigenvalue weighted by Gasteiger charge is 2.01. The average Bonchev–Trinajstić information content (AvgIpc) is 2.47. The first-order valence-corrected chi connectivity index (χ1v) is 6.51. The van der Waals surface area contributed by atoms with Crippen molar-refractivity contribution >= 4 is 12.2 Å². The number of aryl methyl sites for hydroxylation is 1. The number of hydrazone groups is 1. The molecular formula is C16H17N3O2. The van der Waals surface area contributed by atoms with Crippen LogP contribution in [0.1, 0.15) is 16.7 Å². The Hall–Kier alpha value is -2.82. The van der Waals surface area contributed by atoms with E-state index in [0.29, 0.717) is 12.4 Å². The molecule has 0 aliphatic carbocycles. The van der Waals surface area contributed by atoms with Crippen molar-refractivity contribution in [2.75, 3.05) is 0 Å². The van der Waals surface area contributed by atoms with Gasteiger partial charge >= 0.3 is 6.03 Å². The minimum absolute atomic E-state index is 0.467. The normalized spacial score (nSPS) is 10.5. The molecule has 0 saturated carbocycles. The van der Waals surface area contributed by atoms with Gasteiger partial charge in [0.05, 0.1) is 6.21 Å². The molecule has 0 bridgehead atoms. The highest BCUT2D eigenvalue weighted by Crippen LogP contribution is 2.17. The number of carbonyl (C=O) groups excluding carboxylic acids is 1. The fraction of sp³-hybridized carbons (Fsp3) is 0.125. The first-order chi connectivity index (χ1) is 10.1. The fourth-order valence-electron chi connectivity index (χ4n) is 1.73. The summed E-state index contributed by atoms with van der Waals surface area (Å²) >= 11 is 0. The van der Waals surface area contributed by atoms with E-state index in [9.17, 15) is 4.79 Å². The number of hydrogen-bond acceptors (Lipinski definition) is 3. The summed E-state index contributed by atoms with van der Waals surface area (Å²) in [4.78, 5) is 10.6. The molecule has 0 saturated heterocycles. The van der Waals surface area contributed by atoms with Crippen LogP contribution in [0.5, 0.6) is 5.75 Å². The third-order valence-electron chi connectivity index (χ3n) is 2.81. The Balaban J connectivity index is 2.04. The zero-order valence-electron chi connectivity index (χ0n) is 11.7. The lowest BCUT2D eigenvalue weighted by molar-refractivity contribution is 0.249. The Bertz CT molecular complexity index is 636. The molecule has 2 aromatic rings. The van der Waals surface area contributed by atoms with E-state index in [-0.39, 0.29) is 0 Å². The molecule has 2 amide bonds. The van der Waals surface area contributed by atoms with Gasteiger partial charge in [-0.05, 0) is 24.6 Å². The molecule has 3 N–H and O–H groups in total. The Morgan fingerprint density at radius 2 is 1.95 bits per heavy atom. The molecule has 0 fully saturated rings. The van der Waals surface area contributed by atoms with Crippen LogP contribution in [0.15, 0.2) is 53.6 Å². The van der Waals surface area contributed by atoms with E-state index in [1.807, 2.05) is 55.5 Å². The van der Waals surface area contributed by atoms with E-state index < -0.39 is 6.03 Å². The van der Waals surface area contributed by atoms with Crippen LogP contribution >= 0.6 is 0 Å². The van der Waals surface area contributed by atoms with Gasteiger partial charge in [0.2, 0.25) is 0 Å². The Morgan fingerprint density at radius 3 is 2.67 bits per heavy atom. The Kier molecular flexibility index (Phi) is 4.93. The number of carbonyl (C=O) groups is 1. The number of rotatable bonds is 5. The lowest BCUT2D eigenvalue weighted by Gasteiger charge is -2.09. The van der Waals surface area contributed by atoms with Crippen molar-refractivity contribution in [1.29, 1.82) is 0 Å². The predicted octanol–water partition coefficient (Wildman–Crippen LogP) is 2.58. The summed E-state index contributed by atoms with van der Waals surface area (Å²) in [6.07, 6.45) is 1.50. The lowest BCUT2D eigenvalue weighted by Crippen LogP contribution is -2.24. The summed E-state index contributed by atoms with van der Waals surface area (Å²) in [5, 5.41) is 3.74. The molecule has 0 aromatic heterocycles. The highest BCUT2D eigenvalue weighted by atomic mass is 16.5. The average molecular weight is 283 g/mol. The monoisotopic (exact) mass is 283 g/mol. The highest BCUT2D eigenvalue weighted by molar-refractivity contribution is 5.84. The summed E-state index contributed by atoms with van der Waals surface area (Å²) in [5.41, 5.74) is 10.2. The quantitative estimate of drug-likeness (QED) is 0.653. The van der Waals surface area contributed by atoms with Crippen LogP contribution in [-0.2, 0) is 6.61 Å². The molecule has 0 radical (unpaired) electrons. The van der Waals surface area contributed by atoms with Crippen LogP contribution in [0.25, 0.3) is 0 Å². The van der Waals surface area contributed by atoms with Gasteiger partial charge in [-0.2, -0.15) is 5.10 Å². The molecule has 0 atom stereocenters. The number of para-hydroxylation sites is 1. The molecule has 21 heavy (non-hydrogen) atoms. The van der Waals surface area contributed by atoms with E-state index in [1.165, 1.54) is 11.8 Å². The van der Waals surface area contributed by atoms with Gasteiger partial charge < -0.3 is 10.5 Å². The molecule has 0 unspecified atom stereocenters. The van der Waals surface area contributed by atoms with Gasteiger partial charge in [-0.1, -0.05) is 42.0 Å². The fourth-order valence-corrected chi connectivity index (χ4v) is 1.73. The molecule has 5 heteroatoms. The van der Waals surface area contributed by atoms with Crippen molar-refractivity contribution in [3.63, 3.8) is 0 Å². The third kappa shape index (κ3) is 4.65. The third-order valence-corrected chi connectivity index (χ3v) is 2.81. The summed E-state index contributed by atoms with van der Waals surface area (Å²) in [5.74, 6) is 0.688. The molecule has 108 valence electrons. The van der Waals surface area contributed by atoms with E-state index in [4.69, 9.17) is 10.5 Å². The van der Waals surface area contributed by atoms with Crippen molar-refractivity contribution in [3.05, 3.63) is 65.2 Å². The molecule has 2 aromatic carbocycles. The molecule has 5 nitrogen and oxygen atoms in total. The number of ether oxygens (including phenoxy) is 1. The number of amides is 2. The second kappa shape index (κ2) is 7.09. The van der Waals surface area contributed by atoms with Crippen LogP contribution in [0.2, 0.25) is 0 Å². The number of hydrogen-bond donors (Lipinski definition) is 2. The molecule has 2 rings (SSSR count). The second-order valence-electron chi connectivity index (χ2n) is 4.55. The van der Waals surface area contributed by atoms with Crippen LogP contribution in [0.4, 0.5) is 4.79 Å². The number of nitrogens with zero attached hydrogens (tertiary/aromatic N) is 1. The first kappa shape index (κ1) is 14.6. The largest absolute Gasteiger partial charge is 0.488 e. The summed E-state index contributed by atoms with van der Waals surface area (Å²) in [6.45, 7) is 2.51. The Labute approximate surface area is 123 Å². The van der Waals surface area contributed by atoms with Gasteiger partial charge in [-0.15, -0.1) is 0 Å². The number of benzene rings is 2. The van der Waals surface area contributed by atoms with Crippen LogP contribution in [0.3, 0.4) is 0 Å². The van der Waals surface area contributed by atoms with Crippen LogP contribution in [-0.4, -0.2) is 12.2 Å². The number of urea groups is 1. The van der Waals surface area contributed by atoms with Gasteiger partial charge in [0.1, 0.15) is 12.4 Å². The van der Waals surface area contributed by atoms with Gasteiger partial charge in [0.25, 0.3) is 0 Å². The Morgan fingerprint density at radius 1 is 1.24 bits per heavy atom. The number of nitrogens with one attached hydrogen (secondary N) is 1. The molecule has 0 aliphatic rings. The molecule has 0 heterocycles. The molecule has 0 aliphatic heterocycles. The maximum atomic E-state index is 10.6. The minimum Gasteiger partial charge on any atom is -0.488 e. The van der Waals surface area contributed by atoms with E-state index >= 15 is 0 Å². The minimum atomic E-state index is -0.704. The first-order valence-electron chi connectivity index (χ1n) is 6.51. The summed E-state index contributed by atoms with van der Waals surface area (Å²) < 4.78 is 5.79. The predicted molar refractivity (Wildman–Crippen MR) is 82.3 cm³/mol. The van der Waals surface area contributed by atoms with Crippen LogP contribution in [0, 0.1) is 6.92 Å². The van der Waals surface area contributed by atoms with Gasteiger partial charge in [-0.25, -0.2) is 10.2 Å². The molecule has 0 spiro atoms. The van der Waals surface area contributed by atoms with Gasteiger partial charge in [-0.3, -0.25) is 0 Å². The number of primary amides is 1. The van der Waals surface area contributed by atoms with E-state index in [2.05, 4.69) is 10.5 Å². The van der Waals surface area contributed by atoms with Gasteiger partial charge in [0.15, 0.2) is 0 Å².